The minimum absolute atomic E-state index is 0.785. The third-order valence-corrected chi connectivity index (χ3v) is 1.22. The highest BCUT2D eigenvalue weighted by Crippen LogP contribution is 2.09. The molecule has 2 heteroatoms. The van der Waals surface area contributed by atoms with Gasteiger partial charge in [0.1, 0.15) is 5.82 Å². The molecule has 0 radical (unpaired) electrons. The molecule has 10 heavy (non-hydrogen) atoms. The molecular formula is C8H10N2. The number of allylic oxidation sites excluding steroid dienone is 2. The first-order valence-electron chi connectivity index (χ1n) is 3.13. The van der Waals surface area contributed by atoms with Gasteiger partial charge in [0.05, 0.1) is 0 Å². The summed E-state index contributed by atoms with van der Waals surface area (Å²) >= 11 is 0. The molecule has 2 nitrogen and oxygen atoms in total. The van der Waals surface area contributed by atoms with Gasteiger partial charge in [-0.2, -0.15) is 0 Å². The Kier molecular flexibility index (Phi) is 2.05. The number of hydrogen-bond donors (Lipinski definition) is 1. The van der Waals surface area contributed by atoms with E-state index in [-0.39, 0.29) is 0 Å². The third kappa shape index (κ3) is 1.35. The van der Waals surface area contributed by atoms with Gasteiger partial charge in [0.25, 0.3) is 0 Å². The monoisotopic (exact) mass is 134 g/mol. The van der Waals surface area contributed by atoms with E-state index in [0.29, 0.717) is 0 Å². The van der Waals surface area contributed by atoms with Gasteiger partial charge in [0.2, 0.25) is 0 Å². The predicted octanol–water partition coefficient (Wildman–Crippen LogP) is 2.00. The zero-order chi connectivity index (χ0) is 7.40. The molecule has 1 N–H and O–H groups in total. The van der Waals surface area contributed by atoms with Crippen LogP contribution in [-0.2, 0) is 0 Å². The van der Waals surface area contributed by atoms with Gasteiger partial charge in [-0.3, -0.25) is 0 Å². The number of aromatic amines is 1. The van der Waals surface area contributed by atoms with E-state index in [1.807, 2.05) is 6.08 Å². The summed E-state index contributed by atoms with van der Waals surface area (Å²) in [6.45, 7) is 7.43. The van der Waals surface area contributed by atoms with E-state index >= 15 is 0 Å². The molecule has 0 aliphatic heterocycles. The van der Waals surface area contributed by atoms with E-state index in [9.17, 15) is 0 Å². The highest BCUT2D eigenvalue weighted by Gasteiger charge is 1.95. The summed E-state index contributed by atoms with van der Waals surface area (Å²) in [5.41, 5.74) is 0.972. The second kappa shape index (κ2) is 3.01. The van der Waals surface area contributed by atoms with Crippen molar-refractivity contribution in [2.24, 2.45) is 0 Å². The minimum atomic E-state index is 0.785. The number of imidazole rings is 1. The van der Waals surface area contributed by atoms with Gasteiger partial charge in [0.15, 0.2) is 0 Å². The molecule has 0 spiro atoms. The molecule has 0 aliphatic rings. The van der Waals surface area contributed by atoms with E-state index in [1.54, 1.807) is 12.4 Å². The molecule has 0 aliphatic carbocycles. The number of H-pyrrole nitrogens is 1. The fraction of sp³-hybridized carbons (Fsp3) is 0.125. The first-order chi connectivity index (χ1) is 4.84. The Morgan fingerprint density at radius 3 is 3.10 bits per heavy atom. The lowest BCUT2D eigenvalue weighted by Gasteiger charge is -1.94. The topological polar surface area (TPSA) is 28.7 Å². The number of aromatic nitrogens is 2. The van der Waals surface area contributed by atoms with Gasteiger partial charge >= 0.3 is 0 Å². The van der Waals surface area contributed by atoms with Crippen molar-refractivity contribution in [3.63, 3.8) is 0 Å². The summed E-state index contributed by atoms with van der Waals surface area (Å²) in [7, 11) is 0. The van der Waals surface area contributed by atoms with Crippen LogP contribution in [0.15, 0.2) is 31.6 Å². The average molecular weight is 134 g/mol. The lowest BCUT2D eigenvalue weighted by Crippen LogP contribution is -1.82. The second-order valence-electron chi connectivity index (χ2n) is 2.03. The molecular weight excluding hydrogens is 124 g/mol. The summed E-state index contributed by atoms with van der Waals surface area (Å²) in [6.07, 6.45) is 6.09. The van der Waals surface area contributed by atoms with Crippen LogP contribution in [0, 0.1) is 0 Å². The van der Waals surface area contributed by atoms with Crippen LogP contribution in [0.2, 0.25) is 0 Å². The molecule has 1 aromatic rings. The van der Waals surface area contributed by atoms with Gasteiger partial charge < -0.3 is 4.98 Å². The smallest absolute Gasteiger partial charge is 0.132 e. The maximum absolute atomic E-state index is 4.03. The normalized spacial score (nSPS) is 9.20. The quantitative estimate of drug-likeness (QED) is 0.629. The summed E-state index contributed by atoms with van der Waals surface area (Å²) < 4.78 is 0. The van der Waals surface area contributed by atoms with Crippen LogP contribution in [0.3, 0.4) is 0 Å². The van der Waals surface area contributed by atoms with Crippen LogP contribution in [0.25, 0.3) is 5.57 Å². The lowest BCUT2D eigenvalue weighted by molar-refractivity contribution is 1.20. The highest BCUT2D eigenvalue weighted by atomic mass is 14.9. The third-order valence-electron chi connectivity index (χ3n) is 1.22. The Morgan fingerprint density at radius 1 is 1.80 bits per heavy atom. The van der Waals surface area contributed by atoms with E-state index in [4.69, 9.17) is 0 Å². The summed E-state index contributed by atoms with van der Waals surface area (Å²) in [5.74, 6) is 0.847. The van der Waals surface area contributed by atoms with Crippen LogP contribution in [-0.4, -0.2) is 9.97 Å². The lowest BCUT2D eigenvalue weighted by atomic mass is 10.2. The van der Waals surface area contributed by atoms with Gasteiger partial charge in [-0.25, -0.2) is 4.98 Å². The zero-order valence-corrected chi connectivity index (χ0v) is 5.80. The van der Waals surface area contributed by atoms with E-state index in [0.717, 1.165) is 17.8 Å². The molecule has 52 valence electrons. The van der Waals surface area contributed by atoms with Gasteiger partial charge in [0, 0.05) is 12.4 Å². The van der Waals surface area contributed by atoms with Crippen LogP contribution < -0.4 is 0 Å². The Bertz CT molecular complexity index is 221. The summed E-state index contributed by atoms with van der Waals surface area (Å²) in [6, 6.07) is 0. The van der Waals surface area contributed by atoms with E-state index in [1.165, 1.54) is 0 Å². The van der Waals surface area contributed by atoms with Gasteiger partial charge in [-0.1, -0.05) is 12.7 Å². The SMILES string of the molecule is C=CCC(=C)c1ncc[nH]1. The molecule has 0 amide bonds. The Hall–Kier alpha value is -1.31. The molecule has 0 saturated heterocycles. The Labute approximate surface area is 60.3 Å². The Morgan fingerprint density at radius 2 is 2.60 bits per heavy atom. The van der Waals surface area contributed by atoms with Crippen molar-refractivity contribution in [1.82, 2.24) is 9.97 Å². The van der Waals surface area contributed by atoms with Crippen LogP contribution in [0.5, 0.6) is 0 Å². The first-order valence-corrected chi connectivity index (χ1v) is 3.13. The molecule has 1 rings (SSSR count). The van der Waals surface area contributed by atoms with E-state index < -0.39 is 0 Å². The van der Waals surface area contributed by atoms with Crippen molar-refractivity contribution < 1.29 is 0 Å². The van der Waals surface area contributed by atoms with Crippen LogP contribution >= 0.6 is 0 Å². The van der Waals surface area contributed by atoms with E-state index in [2.05, 4.69) is 23.1 Å². The predicted molar refractivity (Wildman–Crippen MR) is 42.4 cm³/mol. The van der Waals surface area contributed by atoms with Gasteiger partial charge in [-0.05, 0) is 12.0 Å². The largest absolute Gasteiger partial charge is 0.345 e. The standard InChI is InChI=1S/C8H10N2/c1-3-4-7(2)8-9-5-6-10-8/h3,5-6H,1-2,4H2,(H,9,10). The Balaban J connectivity index is 2.68. The zero-order valence-electron chi connectivity index (χ0n) is 5.80. The molecule has 0 aromatic carbocycles. The van der Waals surface area contributed by atoms with Crippen LogP contribution in [0.4, 0.5) is 0 Å². The summed E-state index contributed by atoms with van der Waals surface area (Å²) in [5, 5.41) is 0. The molecule has 0 atom stereocenters. The fourth-order valence-corrected chi connectivity index (χ4v) is 0.730. The van der Waals surface area contributed by atoms with Crippen molar-refractivity contribution in [1.29, 1.82) is 0 Å². The maximum Gasteiger partial charge on any atom is 0.132 e. The second-order valence-corrected chi connectivity index (χ2v) is 2.03. The maximum atomic E-state index is 4.03. The van der Waals surface area contributed by atoms with Crippen molar-refractivity contribution in [2.75, 3.05) is 0 Å². The molecule has 0 bridgehead atoms. The average Bonchev–Trinajstić information content (AvgIpc) is 2.38. The number of rotatable bonds is 3. The molecule has 0 unspecified atom stereocenters. The molecule has 0 fully saturated rings. The number of nitrogens with one attached hydrogen (secondary N) is 1. The molecule has 0 saturated carbocycles. The minimum Gasteiger partial charge on any atom is -0.345 e. The number of nitrogens with zero attached hydrogens (tertiary/aromatic N) is 1. The van der Waals surface area contributed by atoms with Crippen molar-refractivity contribution in [2.45, 2.75) is 6.42 Å². The van der Waals surface area contributed by atoms with Crippen molar-refractivity contribution >= 4 is 5.57 Å². The van der Waals surface area contributed by atoms with Gasteiger partial charge in [-0.15, -0.1) is 6.58 Å². The summed E-state index contributed by atoms with van der Waals surface area (Å²) in [4.78, 5) is 7.00. The van der Waals surface area contributed by atoms with Crippen molar-refractivity contribution in [3.05, 3.63) is 37.5 Å². The molecule has 1 heterocycles. The fourth-order valence-electron chi connectivity index (χ4n) is 0.730. The van der Waals surface area contributed by atoms with Crippen molar-refractivity contribution in [3.8, 4) is 0 Å². The first kappa shape index (κ1) is 6.81. The highest BCUT2D eigenvalue weighted by molar-refractivity contribution is 5.57. The van der Waals surface area contributed by atoms with Crippen LogP contribution in [0.1, 0.15) is 12.2 Å². The molecule has 1 aromatic heterocycles. The number of hydrogen-bond acceptors (Lipinski definition) is 1.